The molecular weight excluding hydrogens is 352 g/mol. The molecule has 2 saturated carbocycles. The molecule has 0 spiro atoms. The Morgan fingerprint density at radius 2 is 2.04 bits per heavy atom. The number of ether oxygens (including phenoxy) is 3. The monoisotopic (exact) mass is 380 g/mol. The number of esters is 2. The van der Waals surface area contributed by atoms with E-state index in [1.165, 1.54) is 0 Å². The van der Waals surface area contributed by atoms with Gasteiger partial charge in [0, 0.05) is 30.3 Å². The van der Waals surface area contributed by atoms with Crippen molar-refractivity contribution in [2.45, 2.75) is 76.2 Å². The van der Waals surface area contributed by atoms with Crippen LogP contribution in [-0.4, -0.2) is 57.8 Å². The molecular formula is C20H28O7. The number of aliphatic hydroxyl groups excluding tert-OH is 1. The highest BCUT2D eigenvalue weighted by atomic mass is 16.6. The molecule has 2 aliphatic heterocycles. The third-order valence-corrected chi connectivity index (χ3v) is 6.82. The van der Waals surface area contributed by atoms with Crippen LogP contribution in [0.3, 0.4) is 0 Å². The van der Waals surface area contributed by atoms with Gasteiger partial charge in [0.05, 0.1) is 17.6 Å². The molecule has 0 unspecified atom stereocenters. The number of aliphatic hydroxyl groups is 2. The Balaban J connectivity index is 1.72. The first-order valence-electron chi connectivity index (χ1n) is 9.65. The van der Waals surface area contributed by atoms with Gasteiger partial charge >= 0.3 is 11.9 Å². The smallest absolute Gasteiger partial charge is 0.334 e. The predicted octanol–water partition coefficient (Wildman–Crippen LogP) is 0.961. The number of epoxide rings is 1. The minimum Gasteiger partial charge on any atom is -0.461 e. The molecule has 7 heteroatoms. The van der Waals surface area contributed by atoms with Crippen LogP contribution in [-0.2, 0) is 23.8 Å². The fraction of sp³-hybridized carbons (Fsp3) is 0.800. The highest BCUT2D eigenvalue weighted by molar-refractivity contribution is 5.91. The van der Waals surface area contributed by atoms with Gasteiger partial charge in [-0.2, -0.15) is 0 Å². The van der Waals surface area contributed by atoms with Gasteiger partial charge in [0.2, 0.25) is 0 Å². The van der Waals surface area contributed by atoms with Crippen molar-refractivity contribution in [3.8, 4) is 0 Å². The molecule has 4 fully saturated rings. The van der Waals surface area contributed by atoms with Gasteiger partial charge in [-0.05, 0) is 19.8 Å². The Morgan fingerprint density at radius 3 is 2.67 bits per heavy atom. The van der Waals surface area contributed by atoms with E-state index >= 15 is 0 Å². The molecule has 0 radical (unpaired) electrons. The van der Waals surface area contributed by atoms with E-state index in [1.54, 1.807) is 6.92 Å². The first-order chi connectivity index (χ1) is 12.5. The fourth-order valence-corrected chi connectivity index (χ4v) is 5.63. The third kappa shape index (κ3) is 2.66. The van der Waals surface area contributed by atoms with Crippen molar-refractivity contribution in [1.82, 2.24) is 0 Å². The molecule has 2 aliphatic carbocycles. The Kier molecular flexibility index (Phi) is 4.05. The topological polar surface area (TPSA) is 106 Å². The SMILES string of the molecule is C=C1C(=O)O[C@H]2[C@H]1[C@H](OC(=O)CC(C)C)C[C@@](C)(O)[C@@H]1[C@H](O)[C@H]3O[C@@]3(C)[C@H]21. The Morgan fingerprint density at radius 1 is 1.37 bits per heavy atom. The van der Waals surface area contributed by atoms with E-state index in [4.69, 9.17) is 14.2 Å². The lowest BCUT2D eigenvalue weighted by molar-refractivity contribution is -0.157. The second-order valence-corrected chi connectivity index (χ2v) is 9.37. The third-order valence-electron chi connectivity index (χ3n) is 6.82. The Hall–Kier alpha value is -1.44. The molecule has 2 N–H and O–H groups in total. The molecule has 4 rings (SSSR count). The Bertz CT molecular complexity index is 698. The lowest BCUT2D eigenvalue weighted by Gasteiger charge is -2.38. The molecule has 0 bridgehead atoms. The van der Waals surface area contributed by atoms with E-state index in [0.717, 1.165) is 0 Å². The van der Waals surface area contributed by atoms with Gasteiger partial charge in [0.25, 0.3) is 0 Å². The van der Waals surface area contributed by atoms with E-state index in [2.05, 4.69) is 6.58 Å². The molecule has 0 aromatic heterocycles. The van der Waals surface area contributed by atoms with Crippen molar-refractivity contribution >= 4 is 11.9 Å². The molecule has 0 aromatic carbocycles. The van der Waals surface area contributed by atoms with Crippen LogP contribution in [0.5, 0.6) is 0 Å². The normalized spacial score (nSPS) is 50.6. The van der Waals surface area contributed by atoms with Gasteiger partial charge < -0.3 is 24.4 Å². The van der Waals surface area contributed by atoms with Crippen molar-refractivity contribution in [2.75, 3.05) is 0 Å². The summed E-state index contributed by atoms with van der Waals surface area (Å²) in [4.78, 5) is 24.6. The zero-order valence-corrected chi connectivity index (χ0v) is 16.2. The second-order valence-electron chi connectivity index (χ2n) is 9.37. The van der Waals surface area contributed by atoms with Crippen LogP contribution in [0.1, 0.15) is 40.5 Å². The summed E-state index contributed by atoms with van der Waals surface area (Å²) in [7, 11) is 0. The van der Waals surface area contributed by atoms with Crippen molar-refractivity contribution in [3.05, 3.63) is 12.2 Å². The number of fused-ring (bicyclic) bond motifs is 5. The van der Waals surface area contributed by atoms with Crippen LogP contribution >= 0.6 is 0 Å². The molecule has 9 atom stereocenters. The van der Waals surface area contributed by atoms with Crippen LogP contribution in [0.4, 0.5) is 0 Å². The predicted molar refractivity (Wildman–Crippen MR) is 93.4 cm³/mol. The first-order valence-corrected chi connectivity index (χ1v) is 9.65. The Labute approximate surface area is 158 Å². The van der Waals surface area contributed by atoms with Crippen LogP contribution in [0.15, 0.2) is 12.2 Å². The number of hydrogen-bond acceptors (Lipinski definition) is 7. The maximum Gasteiger partial charge on any atom is 0.334 e. The summed E-state index contributed by atoms with van der Waals surface area (Å²) in [6.45, 7) is 11.2. The highest BCUT2D eigenvalue weighted by Gasteiger charge is 2.78. The van der Waals surface area contributed by atoms with Gasteiger partial charge in [-0.25, -0.2) is 4.79 Å². The maximum absolute atomic E-state index is 12.3. The first kappa shape index (κ1) is 18.9. The van der Waals surface area contributed by atoms with Gasteiger partial charge in [0.15, 0.2) is 0 Å². The summed E-state index contributed by atoms with van der Waals surface area (Å²) in [5.41, 5.74) is -1.72. The zero-order chi connectivity index (χ0) is 19.9. The molecule has 150 valence electrons. The number of carbonyl (C=O) groups is 2. The molecule has 0 amide bonds. The molecule has 27 heavy (non-hydrogen) atoms. The van der Waals surface area contributed by atoms with Crippen molar-refractivity contribution in [2.24, 2.45) is 23.7 Å². The van der Waals surface area contributed by atoms with Crippen molar-refractivity contribution in [3.63, 3.8) is 0 Å². The largest absolute Gasteiger partial charge is 0.461 e. The van der Waals surface area contributed by atoms with Crippen molar-refractivity contribution < 1.29 is 34.0 Å². The van der Waals surface area contributed by atoms with E-state index in [1.807, 2.05) is 20.8 Å². The van der Waals surface area contributed by atoms with E-state index < -0.39 is 53.2 Å². The lowest BCUT2D eigenvalue weighted by atomic mass is 9.74. The summed E-state index contributed by atoms with van der Waals surface area (Å²) < 4.78 is 17.1. The molecule has 2 heterocycles. The average molecular weight is 380 g/mol. The van der Waals surface area contributed by atoms with Crippen LogP contribution < -0.4 is 0 Å². The summed E-state index contributed by atoms with van der Waals surface area (Å²) in [5, 5.41) is 22.0. The van der Waals surface area contributed by atoms with E-state index in [0.29, 0.717) is 0 Å². The van der Waals surface area contributed by atoms with Gasteiger partial charge in [-0.3, -0.25) is 4.79 Å². The second kappa shape index (κ2) is 5.78. The summed E-state index contributed by atoms with van der Waals surface area (Å²) in [6.07, 6.45) is -2.29. The molecule has 4 aliphatic rings. The molecule has 2 saturated heterocycles. The van der Waals surface area contributed by atoms with Crippen molar-refractivity contribution in [1.29, 1.82) is 0 Å². The van der Waals surface area contributed by atoms with E-state index in [9.17, 15) is 19.8 Å². The molecule has 7 nitrogen and oxygen atoms in total. The standard InChI is InChI=1S/C20H28O7/c1-8(2)6-11(21)25-10-7-19(4,24)13-14(20(5)17(27-20)15(13)22)16-12(10)9(3)18(23)26-16/h8,10,12-17,22,24H,3,6-7H2,1-2,4-5H3/t10-,12-,13+,14+,15+,16+,17-,19-,20+/m1/s1. The maximum atomic E-state index is 12.3. The van der Waals surface area contributed by atoms with Crippen LogP contribution in [0, 0.1) is 23.7 Å². The summed E-state index contributed by atoms with van der Waals surface area (Å²) in [6, 6.07) is 0. The van der Waals surface area contributed by atoms with E-state index in [-0.39, 0.29) is 36.4 Å². The fourth-order valence-electron chi connectivity index (χ4n) is 5.63. The zero-order valence-electron chi connectivity index (χ0n) is 16.2. The van der Waals surface area contributed by atoms with Gasteiger partial charge in [0.1, 0.15) is 23.9 Å². The number of rotatable bonds is 3. The lowest BCUT2D eigenvalue weighted by Crippen LogP contribution is -2.48. The molecule has 0 aromatic rings. The average Bonchev–Trinajstić information content (AvgIpc) is 3.07. The van der Waals surface area contributed by atoms with Gasteiger partial charge in [-0.1, -0.05) is 20.4 Å². The highest BCUT2D eigenvalue weighted by Crippen LogP contribution is 2.64. The van der Waals surface area contributed by atoms with Crippen LogP contribution in [0.25, 0.3) is 0 Å². The van der Waals surface area contributed by atoms with Crippen LogP contribution in [0.2, 0.25) is 0 Å². The van der Waals surface area contributed by atoms with Gasteiger partial charge in [-0.15, -0.1) is 0 Å². The summed E-state index contributed by atoms with van der Waals surface area (Å²) >= 11 is 0. The quantitative estimate of drug-likeness (QED) is 0.427. The minimum atomic E-state index is -1.30. The number of carbonyl (C=O) groups excluding carboxylic acids is 2. The number of hydrogen-bond donors (Lipinski definition) is 2. The summed E-state index contributed by atoms with van der Waals surface area (Å²) in [5.74, 6) is -2.25. The minimum absolute atomic E-state index is 0.106.